The van der Waals surface area contributed by atoms with E-state index in [0.717, 1.165) is 11.1 Å². The first-order valence-corrected chi connectivity index (χ1v) is 12.4. The molecule has 0 spiro atoms. The van der Waals surface area contributed by atoms with Gasteiger partial charge in [-0.1, -0.05) is 6.07 Å². The lowest BCUT2D eigenvalue weighted by Crippen LogP contribution is -2.45. The van der Waals surface area contributed by atoms with E-state index >= 15 is 0 Å². The Labute approximate surface area is 195 Å². The molecule has 1 atom stereocenters. The Kier molecular flexibility index (Phi) is 8.20. The zero-order chi connectivity index (χ0) is 24.0. The summed E-state index contributed by atoms with van der Waals surface area (Å²) in [6.45, 7) is 2.84. The molecule has 9 heteroatoms. The second-order valence-electron chi connectivity index (χ2n) is 8.06. The molecule has 33 heavy (non-hydrogen) atoms. The van der Waals surface area contributed by atoms with Crippen molar-refractivity contribution in [3.05, 3.63) is 47.5 Å². The topological polar surface area (TPSA) is 94.2 Å². The number of rotatable bonds is 9. The fourth-order valence-corrected chi connectivity index (χ4v) is 5.66. The monoisotopic (exact) mass is 476 g/mol. The maximum absolute atomic E-state index is 13.2. The normalized spacial score (nSPS) is 16.8. The highest BCUT2D eigenvalue weighted by molar-refractivity contribution is 7.89. The number of nitrogens with one attached hydrogen (secondary N) is 1. The van der Waals surface area contributed by atoms with Crippen molar-refractivity contribution >= 4 is 15.9 Å². The van der Waals surface area contributed by atoms with Crippen molar-refractivity contribution in [3.63, 3.8) is 0 Å². The number of carbonyl (C=O) groups is 1. The largest absolute Gasteiger partial charge is 0.496 e. The van der Waals surface area contributed by atoms with Crippen LogP contribution < -0.4 is 19.5 Å². The third kappa shape index (κ3) is 5.78. The molecule has 3 rings (SSSR count). The van der Waals surface area contributed by atoms with E-state index in [-0.39, 0.29) is 23.3 Å². The highest BCUT2D eigenvalue weighted by Gasteiger charge is 2.33. The molecule has 1 unspecified atom stereocenters. The van der Waals surface area contributed by atoms with Gasteiger partial charge in [0.05, 0.1) is 32.1 Å². The number of aryl methyl sites for hydroxylation is 1. The highest BCUT2D eigenvalue weighted by Crippen LogP contribution is 2.28. The minimum Gasteiger partial charge on any atom is -0.496 e. The van der Waals surface area contributed by atoms with Crippen molar-refractivity contribution in [2.75, 3.05) is 41.0 Å². The first kappa shape index (κ1) is 24.9. The van der Waals surface area contributed by atoms with E-state index in [1.165, 1.54) is 4.31 Å². The number of piperidine rings is 1. The summed E-state index contributed by atoms with van der Waals surface area (Å²) in [4.78, 5) is 13.0. The molecule has 2 aromatic rings. The SMILES string of the molecule is COc1ccc(S(=O)(=O)N2CCCC(C(=O)NCCc3ccc(OC)c(OC)c3)C2)cc1C. The zero-order valence-electron chi connectivity index (χ0n) is 19.6. The Morgan fingerprint density at radius 1 is 1.03 bits per heavy atom. The Balaban J connectivity index is 1.59. The maximum Gasteiger partial charge on any atom is 0.243 e. The first-order chi connectivity index (χ1) is 15.8. The van der Waals surface area contributed by atoms with Crippen molar-refractivity contribution < 1.29 is 27.4 Å². The van der Waals surface area contributed by atoms with Crippen molar-refractivity contribution in [2.24, 2.45) is 5.92 Å². The summed E-state index contributed by atoms with van der Waals surface area (Å²) in [7, 11) is 1.04. The number of nitrogens with zero attached hydrogens (tertiary/aromatic N) is 1. The average molecular weight is 477 g/mol. The van der Waals surface area contributed by atoms with Gasteiger partial charge in [0.15, 0.2) is 11.5 Å². The Bertz CT molecular complexity index is 1090. The minimum atomic E-state index is -3.68. The molecule has 1 heterocycles. The van der Waals surface area contributed by atoms with Gasteiger partial charge < -0.3 is 19.5 Å². The van der Waals surface area contributed by atoms with Crippen LogP contribution in [0.3, 0.4) is 0 Å². The number of benzene rings is 2. The molecule has 1 N–H and O–H groups in total. The van der Waals surface area contributed by atoms with Crippen LogP contribution in [0.2, 0.25) is 0 Å². The quantitative estimate of drug-likeness (QED) is 0.598. The standard InChI is InChI=1S/C24H32N2O6S/c1-17-14-20(8-10-21(17)30-2)33(28,29)26-13-5-6-19(16-26)24(27)25-12-11-18-7-9-22(31-3)23(15-18)32-4/h7-10,14-15,19H,5-6,11-13,16H2,1-4H3,(H,25,27). The summed E-state index contributed by atoms with van der Waals surface area (Å²) < 4.78 is 43.5. The summed E-state index contributed by atoms with van der Waals surface area (Å²) in [6, 6.07) is 10.5. The van der Waals surface area contributed by atoms with Crippen molar-refractivity contribution in [1.82, 2.24) is 9.62 Å². The lowest BCUT2D eigenvalue weighted by Gasteiger charge is -2.31. The van der Waals surface area contributed by atoms with E-state index < -0.39 is 10.0 Å². The van der Waals surface area contributed by atoms with E-state index in [1.807, 2.05) is 25.1 Å². The number of amides is 1. The summed E-state index contributed by atoms with van der Waals surface area (Å²) in [6.07, 6.45) is 1.93. The number of carbonyl (C=O) groups excluding carboxylic acids is 1. The molecule has 1 aliphatic rings. The summed E-state index contributed by atoms with van der Waals surface area (Å²) in [5.74, 6) is 1.43. The average Bonchev–Trinajstić information content (AvgIpc) is 2.83. The van der Waals surface area contributed by atoms with Crippen LogP contribution in [-0.4, -0.2) is 59.6 Å². The summed E-state index contributed by atoms with van der Waals surface area (Å²) in [5.41, 5.74) is 1.76. The molecular formula is C24H32N2O6S. The van der Waals surface area contributed by atoms with E-state index in [9.17, 15) is 13.2 Å². The van der Waals surface area contributed by atoms with E-state index in [1.54, 1.807) is 39.5 Å². The third-order valence-corrected chi connectivity index (χ3v) is 7.78. The molecule has 0 saturated carbocycles. The molecule has 1 fully saturated rings. The van der Waals surface area contributed by atoms with Crippen LogP contribution in [0.4, 0.5) is 0 Å². The molecule has 0 radical (unpaired) electrons. The van der Waals surface area contributed by atoms with Gasteiger partial charge in [0.25, 0.3) is 0 Å². The molecule has 0 bridgehead atoms. The second-order valence-corrected chi connectivity index (χ2v) is 10.0. The van der Waals surface area contributed by atoms with Crippen LogP contribution >= 0.6 is 0 Å². The summed E-state index contributed by atoms with van der Waals surface area (Å²) in [5, 5.41) is 2.95. The molecule has 0 aromatic heterocycles. The van der Waals surface area contributed by atoms with Crippen LogP contribution in [0.15, 0.2) is 41.3 Å². The third-order valence-electron chi connectivity index (χ3n) is 5.92. The van der Waals surface area contributed by atoms with Gasteiger partial charge in [-0.2, -0.15) is 4.31 Å². The smallest absolute Gasteiger partial charge is 0.243 e. The van der Waals surface area contributed by atoms with Crippen LogP contribution in [0.5, 0.6) is 17.2 Å². The van der Waals surface area contributed by atoms with Gasteiger partial charge in [0.2, 0.25) is 15.9 Å². The van der Waals surface area contributed by atoms with Crippen molar-refractivity contribution in [3.8, 4) is 17.2 Å². The molecule has 1 saturated heterocycles. The predicted octanol–water partition coefficient (Wildman–Crippen LogP) is 2.78. The lowest BCUT2D eigenvalue weighted by atomic mass is 9.99. The molecule has 1 amide bonds. The number of methoxy groups -OCH3 is 3. The Hall–Kier alpha value is -2.78. The maximum atomic E-state index is 13.2. The molecule has 1 aliphatic heterocycles. The number of sulfonamides is 1. The molecule has 180 valence electrons. The second kappa shape index (κ2) is 10.9. The Morgan fingerprint density at radius 2 is 1.73 bits per heavy atom. The number of hydrogen-bond donors (Lipinski definition) is 1. The first-order valence-electron chi connectivity index (χ1n) is 10.9. The van der Waals surface area contributed by atoms with Crippen LogP contribution in [0.25, 0.3) is 0 Å². The van der Waals surface area contributed by atoms with Gasteiger partial charge in [-0.3, -0.25) is 4.79 Å². The lowest BCUT2D eigenvalue weighted by molar-refractivity contribution is -0.126. The predicted molar refractivity (Wildman–Crippen MR) is 125 cm³/mol. The van der Waals surface area contributed by atoms with Crippen molar-refractivity contribution in [1.29, 1.82) is 0 Å². The Morgan fingerprint density at radius 3 is 2.39 bits per heavy atom. The molecule has 8 nitrogen and oxygen atoms in total. The minimum absolute atomic E-state index is 0.124. The summed E-state index contributed by atoms with van der Waals surface area (Å²) >= 11 is 0. The number of hydrogen-bond acceptors (Lipinski definition) is 6. The van der Waals surface area contributed by atoms with E-state index in [4.69, 9.17) is 14.2 Å². The van der Waals surface area contributed by atoms with Gasteiger partial charge in [0.1, 0.15) is 5.75 Å². The number of ether oxygens (including phenoxy) is 3. The fourth-order valence-electron chi connectivity index (χ4n) is 4.05. The van der Waals surface area contributed by atoms with Crippen LogP contribution in [-0.2, 0) is 21.2 Å². The zero-order valence-corrected chi connectivity index (χ0v) is 20.4. The highest BCUT2D eigenvalue weighted by atomic mass is 32.2. The van der Waals surface area contributed by atoms with Gasteiger partial charge in [-0.05, 0) is 67.6 Å². The van der Waals surface area contributed by atoms with Crippen molar-refractivity contribution in [2.45, 2.75) is 31.1 Å². The van der Waals surface area contributed by atoms with Crippen LogP contribution in [0.1, 0.15) is 24.0 Å². The fraction of sp³-hybridized carbons (Fsp3) is 0.458. The van der Waals surface area contributed by atoms with E-state index in [2.05, 4.69) is 5.32 Å². The molecule has 2 aromatic carbocycles. The molecule has 0 aliphatic carbocycles. The van der Waals surface area contributed by atoms with E-state index in [0.29, 0.717) is 49.6 Å². The molecular weight excluding hydrogens is 444 g/mol. The van der Waals surface area contributed by atoms with Crippen LogP contribution in [0, 0.1) is 12.8 Å². The van der Waals surface area contributed by atoms with Gasteiger partial charge in [0, 0.05) is 19.6 Å². The van der Waals surface area contributed by atoms with Gasteiger partial charge >= 0.3 is 0 Å². The van der Waals surface area contributed by atoms with Gasteiger partial charge in [-0.25, -0.2) is 8.42 Å². The van der Waals surface area contributed by atoms with Gasteiger partial charge in [-0.15, -0.1) is 0 Å².